The maximum atomic E-state index is 12.0. The minimum atomic E-state index is -0.399. The van der Waals surface area contributed by atoms with Gasteiger partial charge in [0.25, 0.3) is 11.5 Å². The van der Waals surface area contributed by atoms with E-state index in [1.807, 2.05) is 0 Å². The number of pyridine rings is 1. The van der Waals surface area contributed by atoms with Gasteiger partial charge in [-0.25, -0.2) is 0 Å². The number of hydrogen-bond acceptors (Lipinski definition) is 2. The number of hydrogen-bond donors (Lipinski definition) is 2. The predicted octanol–water partition coefficient (Wildman–Crippen LogP) is 2.93. The topological polar surface area (TPSA) is 62.0 Å². The van der Waals surface area contributed by atoms with E-state index in [1.54, 1.807) is 0 Å². The highest BCUT2D eigenvalue weighted by molar-refractivity contribution is 6.30. The summed E-state index contributed by atoms with van der Waals surface area (Å²) in [7, 11) is 0. The molecule has 0 saturated heterocycles. The van der Waals surface area contributed by atoms with Crippen LogP contribution in [0.5, 0.6) is 0 Å². The molecule has 116 valence electrons. The van der Waals surface area contributed by atoms with Gasteiger partial charge in [0.15, 0.2) is 0 Å². The summed E-state index contributed by atoms with van der Waals surface area (Å²) in [6.45, 7) is 6.77. The van der Waals surface area contributed by atoms with Crippen LogP contribution in [0.1, 0.15) is 32.6 Å². The normalized spacial score (nSPS) is 10.5. The molecule has 1 amide bonds. The van der Waals surface area contributed by atoms with Crippen molar-refractivity contribution in [2.45, 2.75) is 27.2 Å². The Hall–Kier alpha value is -2.07. The van der Waals surface area contributed by atoms with Crippen LogP contribution in [0.25, 0.3) is 0 Å². The highest BCUT2D eigenvalue weighted by Crippen LogP contribution is 2.16. The van der Waals surface area contributed by atoms with Gasteiger partial charge < -0.3 is 10.3 Å². The van der Waals surface area contributed by atoms with Crippen molar-refractivity contribution in [3.8, 4) is 0 Å². The molecule has 2 rings (SSSR count). The first kappa shape index (κ1) is 16.3. The van der Waals surface area contributed by atoms with Crippen molar-refractivity contribution < 1.29 is 4.79 Å². The Bertz CT molecular complexity index is 742. The molecule has 4 nitrogen and oxygen atoms in total. The molecular formula is C17H19ClN2O2. The van der Waals surface area contributed by atoms with Crippen LogP contribution in [-0.2, 0) is 6.42 Å². The minimum Gasteiger partial charge on any atom is -0.352 e. The third kappa shape index (κ3) is 3.77. The third-order valence-corrected chi connectivity index (χ3v) is 3.90. The first-order valence-electron chi connectivity index (χ1n) is 7.11. The molecular weight excluding hydrogens is 300 g/mol. The number of aromatic nitrogens is 1. The standard InChI is InChI=1S/C17H19ClN2O2/c1-10-6-11(2)14(12(3)7-10)4-5-19-16(21)13-8-15(18)17(22)20-9-13/h6-9H,4-5H2,1-3H3,(H,19,21)(H,20,22). The summed E-state index contributed by atoms with van der Waals surface area (Å²) in [4.78, 5) is 25.6. The van der Waals surface area contributed by atoms with Gasteiger partial charge in [0, 0.05) is 12.7 Å². The number of carbonyl (C=O) groups excluding carboxylic acids is 1. The lowest BCUT2D eigenvalue weighted by Gasteiger charge is -2.12. The number of benzene rings is 1. The van der Waals surface area contributed by atoms with Gasteiger partial charge in [-0.05, 0) is 49.9 Å². The number of aryl methyl sites for hydroxylation is 3. The number of rotatable bonds is 4. The van der Waals surface area contributed by atoms with Crippen molar-refractivity contribution >= 4 is 17.5 Å². The summed E-state index contributed by atoms with van der Waals surface area (Å²) >= 11 is 5.72. The lowest BCUT2D eigenvalue weighted by Crippen LogP contribution is -2.27. The average molecular weight is 319 g/mol. The fourth-order valence-corrected chi connectivity index (χ4v) is 2.77. The van der Waals surface area contributed by atoms with E-state index < -0.39 is 5.56 Å². The van der Waals surface area contributed by atoms with Crippen LogP contribution >= 0.6 is 11.6 Å². The van der Waals surface area contributed by atoms with Gasteiger partial charge in [-0.15, -0.1) is 0 Å². The molecule has 1 aromatic heterocycles. The van der Waals surface area contributed by atoms with E-state index in [9.17, 15) is 9.59 Å². The highest BCUT2D eigenvalue weighted by atomic mass is 35.5. The molecule has 0 atom stereocenters. The molecule has 0 spiro atoms. The van der Waals surface area contributed by atoms with Crippen molar-refractivity contribution in [2.75, 3.05) is 6.54 Å². The number of aromatic amines is 1. The van der Waals surface area contributed by atoms with E-state index in [-0.39, 0.29) is 10.9 Å². The average Bonchev–Trinajstić information content (AvgIpc) is 2.44. The zero-order chi connectivity index (χ0) is 16.3. The Morgan fingerprint density at radius 3 is 2.41 bits per heavy atom. The van der Waals surface area contributed by atoms with Crippen LogP contribution in [0.3, 0.4) is 0 Å². The molecule has 0 radical (unpaired) electrons. The Balaban J connectivity index is 2.00. The van der Waals surface area contributed by atoms with E-state index in [1.165, 1.54) is 34.5 Å². The summed E-state index contributed by atoms with van der Waals surface area (Å²) in [6, 6.07) is 5.66. The van der Waals surface area contributed by atoms with Gasteiger partial charge in [-0.1, -0.05) is 29.3 Å². The number of halogens is 1. The second-order valence-electron chi connectivity index (χ2n) is 5.45. The minimum absolute atomic E-state index is 0.0119. The lowest BCUT2D eigenvalue weighted by molar-refractivity contribution is 0.0953. The molecule has 0 fully saturated rings. The van der Waals surface area contributed by atoms with Gasteiger partial charge in [0.2, 0.25) is 0 Å². The quantitative estimate of drug-likeness (QED) is 0.910. The van der Waals surface area contributed by atoms with E-state index in [4.69, 9.17) is 11.6 Å². The molecule has 1 aromatic carbocycles. The van der Waals surface area contributed by atoms with E-state index >= 15 is 0 Å². The van der Waals surface area contributed by atoms with Gasteiger partial charge in [0.1, 0.15) is 5.02 Å². The van der Waals surface area contributed by atoms with Gasteiger partial charge in [-0.2, -0.15) is 0 Å². The first-order chi connectivity index (χ1) is 10.4. The first-order valence-corrected chi connectivity index (χ1v) is 7.49. The Morgan fingerprint density at radius 2 is 1.82 bits per heavy atom. The number of carbonyl (C=O) groups is 1. The largest absolute Gasteiger partial charge is 0.352 e. The van der Waals surface area contributed by atoms with Crippen molar-refractivity contribution in [2.24, 2.45) is 0 Å². The van der Waals surface area contributed by atoms with Crippen LogP contribution in [-0.4, -0.2) is 17.4 Å². The second kappa shape index (κ2) is 6.79. The molecule has 1 heterocycles. The van der Waals surface area contributed by atoms with Gasteiger partial charge in [0.05, 0.1) is 5.56 Å². The van der Waals surface area contributed by atoms with Crippen molar-refractivity contribution in [1.29, 1.82) is 0 Å². The van der Waals surface area contributed by atoms with Gasteiger partial charge in [-0.3, -0.25) is 9.59 Å². The zero-order valence-corrected chi connectivity index (χ0v) is 13.7. The smallest absolute Gasteiger partial charge is 0.266 e. The van der Waals surface area contributed by atoms with Crippen LogP contribution in [0.2, 0.25) is 5.02 Å². The SMILES string of the molecule is Cc1cc(C)c(CCNC(=O)c2c[nH]c(=O)c(Cl)c2)c(C)c1. The summed E-state index contributed by atoms with van der Waals surface area (Å²) in [6.07, 6.45) is 2.13. The number of H-pyrrole nitrogens is 1. The summed E-state index contributed by atoms with van der Waals surface area (Å²) in [5.41, 5.74) is 4.92. The van der Waals surface area contributed by atoms with Crippen LogP contribution in [0.15, 0.2) is 29.2 Å². The lowest BCUT2D eigenvalue weighted by atomic mass is 9.97. The zero-order valence-electron chi connectivity index (χ0n) is 12.9. The molecule has 0 aliphatic carbocycles. The van der Waals surface area contributed by atoms with Crippen molar-refractivity contribution in [3.63, 3.8) is 0 Å². The van der Waals surface area contributed by atoms with Crippen molar-refractivity contribution in [3.05, 3.63) is 67.6 Å². The summed E-state index contributed by atoms with van der Waals surface area (Å²) < 4.78 is 0. The fourth-order valence-electron chi connectivity index (χ4n) is 2.59. The second-order valence-corrected chi connectivity index (χ2v) is 5.86. The molecule has 2 aromatic rings. The molecule has 0 aliphatic heterocycles. The molecule has 0 aliphatic rings. The molecule has 5 heteroatoms. The van der Waals surface area contributed by atoms with Crippen LogP contribution in [0, 0.1) is 20.8 Å². The molecule has 0 unspecified atom stereocenters. The highest BCUT2D eigenvalue weighted by Gasteiger charge is 2.09. The Kier molecular flexibility index (Phi) is 5.03. The Labute approximate surface area is 134 Å². The number of nitrogens with one attached hydrogen (secondary N) is 2. The Morgan fingerprint density at radius 1 is 1.18 bits per heavy atom. The third-order valence-electron chi connectivity index (χ3n) is 3.62. The maximum absolute atomic E-state index is 12.0. The van der Waals surface area contributed by atoms with Crippen molar-refractivity contribution in [1.82, 2.24) is 10.3 Å². The van der Waals surface area contributed by atoms with Crippen LogP contribution < -0.4 is 10.9 Å². The molecule has 2 N–H and O–H groups in total. The van der Waals surface area contributed by atoms with Crippen LogP contribution in [0.4, 0.5) is 0 Å². The van der Waals surface area contributed by atoms with E-state index in [2.05, 4.69) is 43.2 Å². The van der Waals surface area contributed by atoms with E-state index in [0.717, 1.165) is 6.42 Å². The summed E-state index contributed by atoms with van der Waals surface area (Å²) in [5, 5.41) is 2.86. The van der Waals surface area contributed by atoms with E-state index in [0.29, 0.717) is 12.1 Å². The molecule has 22 heavy (non-hydrogen) atoms. The molecule has 0 bridgehead atoms. The fraction of sp³-hybridized carbons (Fsp3) is 0.294. The monoisotopic (exact) mass is 318 g/mol. The van der Waals surface area contributed by atoms with Gasteiger partial charge >= 0.3 is 0 Å². The summed E-state index contributed by atoms with van der Waals surface area (Å²) in [5.74, 6) is -0.249. The number of amides is 1. The maximum Gasteiger partial charge on any atom is 0.266 e. The molecule has 0 saturated carbocycles. The predicted molar refractivity (Wildman–Crippen MR) is 88.8 cm³/mol.